The molecule has 0 atom stereocenters. The molecule has 5 heteroatoms. The summed E-state index contributed by atoms with van der Waals surface area (Å²) in [5.41, 5.74) is 3.85. The van der Waals surface area contributed by atoms with Crippen molar-refractivity contribution >= 4 is 11.8 Å². The smallest absolute Gasteiger partial charge is 0.342 e. The molecule has 31 heavy (non-hydrogen) atoms. The minimum absolute atomic E-state index is 0.0732. The number of carbonyl (C=O) groups is 2. The molecule has 4 rings (SSSR count). The lowest BCUT2D eigenvalue weighted by Crippen LogP contribution is -2.12. The molecular weight excluding hydrogens is 388 g/mol. The molecule has 3 aromatic carbocycles. The first-order valence-corrected chi connectivity index (χ1v) is 10.1. The van der Waals surface area contributed by atoms with E-state index in [4.69, 9.17) is 4.74 Å². The van der Waals surface area contributed by atoms with Crippen LogP contribution < -0.4 is 0 Å². The lowest BCUT2D eigenvalue weighted by molar-refractivity contribution is 0.0524. The lowest BCUT2D eigenvalue weighted by Gasteiger charge is -2.10. The largest absolute Gasteiger partial charge is 0.462 e. The van der Waals surface area contributed by atoms with Crippen LogP contribution in [-0.4, -0.2) is 28.1 Å². The zero-order chi connectivity index (χ0) is 21.8. The highest BCUT2D eigenvalue weighted by Crippen LogP contribution is 2.31. The molecule has 0 fully saturated rings. The molecule has 0 radical (unpaired) electrons. The minimum atomic E-state index is -0.570. The van der Waals surface area contributed by atoms with Gasteiger partial charge >= 0.3 is 5.97 Å². The Balaban J connectivity index is 2.02. The first-order valence-electron chi connectivity index (χ1n) is 10.1. The van der Waals surface area contributed by atoms with E-state index in [1.807, 2.05) is 67.6 Å². The lowest BCUT2D eigenvalue weighted by atomic mass is 10.0. The normalized spacial score (nSPS) is 10.6. The first kappa shape index (κ1) is 20.3. The van der Waals surface area contributed by atoms with Crippen LogP contribution in [-0.2, 0) is 4.74 Å². The fourth-order valence-electron chi connectivity index (χ4n) is 3.44. The Morgan fingerprint density at radius 2 is 1.48 bits per heavy atom. The van der Waals surface area contributed by atoms with Gasteiger partial charge in [0.25, 0.3) is 0 Å². The van der Waals surface area contributed by atoms with Crippen molar-refractivity contribution in [3.05, 3.63) is 107 Å². The molecule has 0 N–H and O–H groups in total. The van der Waals surface area contributed by atoms with E-state index in [2.05, 4.69) is 5.10 Å². The van der Waals surface area contributed by atoms with Gasteiger partial charge in [-0.2, -0.15) is 5.10 Å². The summed E-state index contributed by atoms with van der Waals surface area (Å²) in [5.74, 6) is -0.898. The molecule has 1 aromatic heterocycles. The molecule has 5 nitrogen and oxygen atoms in total. The SMILES string of the molecule is CCOC(=O)c1c(C(=O)c2ccccc2)nn(-c2ccc(C)cc2)c1-c1ccccc1. The predicted molar refractivity (Wildman–Crippen MR) is 120 cm³/mol. The van der Waals surface area contributed by atoms with Gasteiger partial charge in [-0.3, -0.25) is 4.79 Å². The van der Waals surface area contributed by atoms with Crippen LogP contribution in [0.4, 0.5) is 0 Å². The van der Waals surface area contributed by atoms with Crippen molar-refractivity contribution in [1.82, 2.24) is 9.78 Å². The molecule has 1 heterocycles. The summed E-state index contributed by atoms with van der Waals surface area (Å²) < 4.78 is 6.99. The number of hydrogen-bond acceptors (Lipinski definition) is 4. The fraction of sp³-hybridized carbons (Fsp3) is 0.115. The second-order valence-corrected chi connectivity index (χ2v) is 7.10. The van der Waals surface area contributed by atoms with Gasteiger partial charge in [-0.1, -0.05) is 78.4 Å². The van der Waals surface area contributed by atoms with Crippen LogP contribution >= 0.6 is 0 Å². The summed E-state index contributed by atoms with van der Waals surface area (Å²) in [6.45, 7) is 3.93. The maximum absolute atomic E-state index is 13.4. The number of hydrogen-bond donors (Lipinski definition) is 0. The van der Waals surface area contributed by atoms with Crippen molar-refractivity contribution in [2.24, 2.45) is 0 Å². The van der Waals surface area contributed by atoms with Gasteiger partial charge in [0, 0.05) is 11.1 Å². The molecule has 0 aliphatic carbocycles. The summed E-state index contributed by atoms with van der Waals surface area (Å²) in [6, 6.07) is 26.0. The highest BCUT2D eigenvalue weighted by molar-refractivity contribution is 6.15. The third-order valence-electron chi connectivity index (χ3n) is 4.94. The summed E-state index contributed by atoms with van der Waals surface area (Å²) in [6.07, 6.45) is 0. The number of esters is 1. The summed E-state index contributed by atoms with van der Waals surface area (Å²) in [5, 5.41) is 4.63. The average molecular weight is 410 g/mol. The van der Waals surface area contributed by atoms with Crippen LogP contribution in [0.2, 0.25) is 0 Å². The van der Waals surface area contributed by atoms with Crippen LogP contribution in [0.15, 0.2) is 84.9 Å². The summed E-state index contributed by atoms with van der Waals surface area (Å²) in [4.78, 5) is 26.4. The first-order chi connectivity index (χ1) is 15.1. The Bertz CT molecular complexity index is 1210. The maximum Gasteiger partial charge on any atom is 0.342 e. The molecule has 0 unspecified atom stereocenters. The van der Waals surface area contributed by atoms with Crippen molar-refractivity contribution < 1.29 is 14.3 Å². The van der Waals surface area contributed by atoms with Gasteiger partial charge in [0.1, 0.15) is 11.3 Å². The van der Waals surface area contributed by atoms with Gasteiger partial charge in [-0.05, 0) is 26.0 Å². The van der Waals surface area contributed by atoms with Crippen molar-refractivity contribution in [2.45, 2.75) is 13.8 Å². The summed E-state index contributed by atoms with van der Waals surface area (Å²) >= 11 is 0. The summed E-state index contributed by atoms with van der Waals surface area (Å²) in [7, 11) is 0. The molecule has 0 amide bonds. The van der Waals surface area contributed by atoms with Crippen LogP contribution in [0, 0.1) is 6.92 Å². The van der Waals surface area contributed by atoms with E-state index in [-0.39, 0.29) is 23.6 Å². The van der Waals surface area contributed by atoms with E-state index >= 15 is 0 Å². The van der Waals surface area contributed by atoms with Gasteiger partial charge in [-0.15, -0.1) is 0 Å². The highest BCUT2D eigenvalue weighted by Gasteiger charge is 2.30. The Kier molecular flexibility index (Phi) is 5.76. The number of ketones is 1. The Morgan fingerprint density at radius 3 is 2.10 bits per heavy atom. The predicted octanol–water partition coefficient (Wildman–Crippen LogP) is 5.26. The number of ether oxygens (including phenoxy) is 1. The van der Waals surface area contributed by atoms with Gasteiger partial charge < -0.3 is 4.74 Å². The van der Waals surface area contributed by atoms with Crippen LogP contribution in [0.1, 0.15) is 38.9 Å². The molecule has 0 bridgehead atoms. The van der Waals surface area contributed by atoms with Crippen molar-refractivity contribution in [3.63, 3.8) is 0 Å². The van der Waals surface area contributed by atoms with Crippen molar-refractivity contribution in [2.75, 3.05) is 6.61 Å². The third kappa shape index (κ3) is 4.03. The number of carbonyl (C=O) groups excluding carboxylic acids is 2. The second-order valence-electron chi connectivity index (χ2n) is 7.10. The van der Waals surface area contributed by atoms with Crippen molar-refractivity contribution in [1.29, 1.82) is 0 Å². The molecule has 0 saturated carbocycles. The monoisotopic (exact) mass is 410 g/mol. The number of nitrogens with zero attached hydrogens (tertiary/aromatic N) is 2. The molecule has 0 saturated heterocycles. The average Bonchev–Trinajstić information content (AvgIpc) is 3.21. The number of aryl methyl sites for hydroxylation is 1. The van der Waals surface area contributed by atoms with Gasteiger partial charge in [0.2, 0.25) is 5.78 Å². The number of aromatic nitrogens is 2. The van der Waals surface area contributed by atoms with E-state index < -0.39 is 5.97 Å². The molecule has 154 valence electrons. The highest BCUT2D eigenvalue weighted by atomic mass is 16.5. The zero-order valence-electron chi connectivity index (χ0n) is 17.4. The van der Waals surface area contributed by atoms with Crippen LogP contribution in [0.25, 0.3) is 16.9 Å². The molecule has 0 aliphatic heterocycles. The Morgan fingerprint density at radius 1 is 0.871 bits per heavy atom. The number of rotatable bonds is 6. The van der Waals surface area contributed by atoms with E-state index in [9.17, 15) is 9.59 Å². The van der Waals surface area contributed by atoms with E-state index in [1.165, 1.54) is 0 Å². The molecular formula is C26H22N2O3. The third-order valence-corrected chi connectivity index (χ3v) is 4.94. The molecule has 0 spiro atoms. The van der Waals surface area contributed by atoms with E-state index in [0.717, 1.165) is 16.8 Å². The fourth-order valence-corrected chi connectivity index (χ4v) is 3.44. The van der Waals surface area contributed by atoms with Crippen molar-refractivity contribution in [3.8, 4) is 16.9 Å². The van der Waals surface area contributed by atoms with Gasteiger partial charge in [-0.25, -0.2) is 9.48 Å². The molecule has 4 aromatic rings. The quantitative estimate of drug-likeness (QED) is 0.321. The van der Waals surface area contributed by atoms with E-state index in [0.29, 0.717) is 11.3 Å². The standard InChI is InChI=1S/C26H22N2O3/c1-3-31-26(30)22-23(25(29)20-12-8-5-9-13-20)27-28(21-16-14-18(2)15-17-21)24(22)19-10-6-4-7-11-19/h4-17H,3H2,1-2H3. The van der Waals surface area contributed by atoms with E-state index in [1.54, 1.807) is 35.9 Å². The van der Waals surface area contributed by atoms with Crippen LogP contribution in [0.3, 0.4) is 0 Å². The van der Waals surface area contributed by atoms with Gasteiger partial charge in [0.05, 0.1) is 18.0 Å². The Labute approximate surface area is 180 Å². The van der Waals surface area contributed by atoms with Crippen LogP contribution in [0.5, 0.6) is 0 Å². The minimum Gasteiger partial charge on any atom is -0.462 e. The van der Waals surface area contributed by atoms with Gasteiger partial charge in [0.15, 0.2) is 0 Å². The second kappa shape index (κ2) is 8.79. The maximum atomic E-state index is 13.4. The zero-order valence-corrected chi connectivity index (χ0v) is 17.4. The topological polar surface area (TPSA) is 61.2 Å². The molecule has 0 aliphatic rings. The Hall–Kier alpha value is -3.99. The number of benzene rings is 3.